The SMILES string of the molecule is Cc1cccc(N2CCN(c3nccc(Nc4cccc(C#N)c4)n3)CC2)c1. The Bertz CT molecular complexity index is 1000. The molecule has 0 amide bonds. The van der Waals surface area contributed by atoms with Gasteiger partial charge in [0.1, 0.15) is 5.82 Å². The number of anilines is 4. The predicted molar refractivity (Wildman–Crippen MR) is 112 cm³/mol. The second-order valence-corrected chi connectivity index (χ2v) is 6.87. The van der Waals surface area contributed by atoms with Crippen molar-refractivity contribution in [3.8, 4) is 6.07 Å². The van der Waals surface area contributed by atoms with Crippen LogP contribution in [0.4, 0.5) is 23.1 Å². The summed E-state index contributed by atoms with van der Waals surface area (Å²) in [6, 6.07) is 20.0. The van der Waals surface area contributed by atoms with Crippen molar-refractivity contribution >= 4 is 23.1 Å². The van der Waals surface area contributed by atoms with E-state index < -0.39 is 0 Å². The summed E-state index contributed by atoms with van der Waals surface area (Å²) >= 11 is 0. The van der Waals surface area contributed by atoms with E-state index in [4.69, 9.17) is 5.26 Å². The van der Waals surface area contributed by atoms with E-state index >= 15 is 0 Å². The second-order valence-electron chi connectivity index (χ2n) is 6.87. The highest BCUT2D eigenvalue weighted by Crippen LogP contribution is 2.21. The number of hydrogen-bond donors (Lipinski definition) is 1. The molecule has 3 aromatic rings. The number of hydrogen-bond acceptors (Lipinski definition) is 6. The first kappa shape index (κ1) is 17.8. The molecule has 1 fully saturated rings. The fraction of sp³-hybridized carbons (Fsp3) is 0.227. The van der Waals surface area contributed by atoms with Gasteiger partial charge >= 0.3 is 0 Å². The Morgan fingerprint density at radius 3 is 2.54 bits per heavy atom. The van der Waals surface area contributed by atoms with Gasteiger partial charge in [-0.2, -0.15) is 10.2 Å². The van der Waals surface area contributed by atoms with E-state index in [9.17, 15) is 0 Å². The van der Waals surface area contributed by atoms with Crippen LogP contribution in [0.1, 0.15) is 11.1 Å². The van der Waals surface area contributed by atoms with Gasteiger partial charge in [-0.3, -0.25) is 0 Å². The molecule has 140 valence electrons. The van der Waals surface area contributed by atoms with Crippen molar-refractivity contribution in [1.29, 1.82) is 5.26 Å². The van der Waals surface area contributed by atoms with Crippen LogP contribution in [0.2, 0.25) is 0 Å². The van der Waals surface area contributed by atoms with Gasteiger partial charge in [-0.1, -0.05) is 18.2 Å². The van der Waals surface area contributed by atoms with Crippen molar-refractivity contribution < 1.29 is 0 Å². The summed E-state index contributed by atoms with van der Waals surface area (Å²) in [5, 5.41) is 12.3. The minimum absolute atomic E-state index is 0.617. The summed E-state index contributed by atoms with van der Waals surface area (Å²) in [6.45, 7) is 5.75. The highest BCUT2D eigenvalue weighted by Gasteiger charge is 2.19. The Labute approximate surface area is 165 Å². The van der Waals surface area contributed by atoms with Gasteiger partial charge in [-0.25, -0.2) is 4.98 Å². The number of benzene rings is 2. The third-order valence-corrected chi connectivity index (χ3v) is 4.84. The van der Waals surface area contributed by atoms with Gasteiger partial charge in [0.2, 0.25) is 5.95 Å². The molecule has 0 bridgehead atoms. The van der Waals surface area contributed by atoms with Gasteiger partial charge in [-0.05, 0) is 48.9 Å². The molecule has 1 saturated heterocycles. The van der Waals surface area contributed by atoms with Gasteiger partial charge < -0.3 is 15.1 Å². The molecule has 6 heteroatoms. The van der Waals surface area contributed by atoms with Gasteiger partial charge in [0.25, 0.3) is 0 Å². The first-order chi connectivity index (χ1) is 13.7. The van der Waals surface area contributed by atoms with Crippen LogP contribution < -0.4 is 15.1 Å². The molecule has 2 aromatic carbocycles. The Balaban J connectivity index is 1.43. The lowest BCUT2D eigenvalue weighted by atomic mass is 10.2. The third kappa shape index (κ3) is 4.04. The zero-order valence-electron chi connectivity index (χ0n) is 15.8. The van der Waals surface area contributed by atoms with Gasteiger partial charge in [-0.15, -0.1) is 0 Å². The number of nitriles is 1. The van der Waals surface area contributed by atoms with Crippen molar-refractivity contribution in [2.24, 2.45) is 0 Å². The summed E-state index contributed by atoms with van der Waals surface area (Å²) in [6.07, 6.45) is 1.77. The van der Waals surface area contributed by atoms with Gasteiger partial charge in [0, 0.05) is 43.8 Å². The first-order valence-corrected chi connectivity index (χ1v) is 9.38. The lowest BCUT2D eigenvalue weighted by Gasteiger charge is -2.36. The number of rotatable bonds is 4. The largest absolute Gasteiger partial charge is 0.368 e. The Kier molecular flexibility index (Phi) is 5.07. The van der Waals surface area contributed by atoms with Gasteiger partial charge in [0.05, 0.1) is 11.6 Å². The topological polar surface area (TPSA) is 68.1 Å². The predicted octanol–water partition coefficient (Wildman–Crippen LogP) is 3.73. The summed E-state index contributed by atoms with van der Waals surface area (Å²) in [4.78, 5) is 13.7. The average molecular weight is 370 g/mol. The second kappa shape index (κ2) is 7.97. The molecule has 0 aliphatic carbocycles. The van der Waals surface area contributed by atoms with Crippen molar-refractivity contribution in [3.05, 3.63) is 71.9 Å². The highest BCUT2D eigenvalue weighted by molar-refractivity contribution is 5.59. The Morgan fingerprint density at radius 2 is 1.75 bits per heavy atom. The molecule has 0 radical (unpaired) electrons. The highest BCUT2D eigenvalue weighted by atomic mass is 15.3. The fourth-order valence-electron chi connectivity index (χ4n) is 3.37. The standard InChI is InChI=1S/C22H22N6/c1-17-4-2-7-20(14-17)27-10-12-28(13-11-27)22-24-9-8-21(26-22)25-19-6-3-5-18(15-19)16-23/h2-9,14-15H,10-13H2,1H3,(H,24,25,26). The lowest BCUT2D eigenvalue weighted by molar-refractivity contribution is 0.640. The normalized spacial score (nSPS) is 13.9. The van der Waals surface area contributed by atoms with Crippen LogP contribution in [0.15, 0.2) is 60.8 Å². The van der Waals surface area contributed by atoms with E-state index in [1.165, 1.54) is 11.3 Å². The van der Waals surface area contributed by atoms with Gasteiger partial charge in [0.15, 0.2) is 0 Å². The number of piperazine rings is 1. The summed E-state index contributed by atoms with van der Waals surface area (Å²) in [7, 11) is 0. The summed E-state index contributed by atoms with van der Waals surface area (Å²) < 4.78 is 0. The maximum absolute atomic E-state index is 9.05. The smallest absolute Gasteiger partial charge is 0.227 e. The van der Waals surface area contributed by atoms with E-state index in [-0.39, 0.29) is 0 Å². The van der Waals surface area contributed by atoms with Crippen LogP contribution in [0.25, 0.3) is 0 Å². The van der Waals surface area contributed by atoms with Crippen LogP contribution in [0.5, 0.6) is 0 Å². The Morgan fingerprint density at radius 1 is 0.964 bits per heavy atom. The molecule has 6 nitrogen and oxygen atoms in total. The molecular weight excluding hydrogens is 348 g/mol. The number of aryl methyl sites for hydroxylation is 1. The quantitative estimate of drug-likeness (QED) is 0.755. The lowest BCUT2D eigenvalue weighted by Crippen LogP contribution is -2.47. The van der Waals surface area contributed by atoms with E-state index in [1.807, 2.05) is 24.3 Å². The van der Waals surface area contributed by atoms with Crippen LogP contribution in [0.3, 0.4) is 0 Å². The molecule has 0 saturated carbocycles. The molecule has 0 unspecified atom stereocenters. The molecule has 28 heavy (non-hydrogen) atoms. The van der Waals surface area contributed by atoms with Crippen molar-refractivity contribution in [3.63, 3.8) is 0 Å². The third-order valence-electron chi connectivity index (χ3n) is 4.84. The van der Waals surface area contributed by atoms with E-state index in [2.05, 4.69) is 62.3 Å². The molecule has 1 N–H and O–H groups in total. The molecule has 1 aromatic heterocycles. The number of nitrogens with one attached hydrogen (secondary N) is 1. The van der Waals surface area contributed by atoms with Crippen molar-refractivity contribution in [1.82, 2.24) is 9.97 Å². The molecule has 0 spiro atoms. The molecule has 2 heterocycles. The number of aromatic nitrogens is 2. The van der Waals surface area contributed by atoms with E-state index in [0.29, 0.717) is 5.56 Å². The first-order valence-electron chi connectivity index (χ1n) is 9.38. The molecular formula is C22H22N6. The van der Waals surface area contributed by atoms with Crippen LogP contribution in [-0.4, -0.2) is 36.1 Å². The fourth-order valence-corrected chi connectivity index (χ4v) is 3.37. The Hall–Kier alpha value is -3.59. The van der Waals surface area contributed by atoms with E-state index in [1.54, 1.807) is 12.3 Å². The number of nitrogens with zero attached hydrogens (tertiary/aromatic N) is 5. The van der Waals surface area contributed by atoms with Crippen molar-refractivity contribution in [2.75, 3.05) is 41.3 Å². The zero-order valence-corrected chi connectivity index (χ0v) is 15.8. The molecule has 1 aliphatic heterocycles. The minimum Gasteiger partial charge on any atom is -0.368 e. The van der Waals surface area contributed by atoms with Crippen LogP contribution in [0, 0.1) is 18.3 Å². The van der Waals surface area contributed by atoms with E-state index in [0.717, 1.165) is 43.6 Å². The average Bonchev–Trinajstić information content (AvgIpc) is 2.74. The van der Waals surface area contributed by atoms with Crippen LogP contribution in [-0.2, 0) is 0 Å². The molecule has 1 aliphatic rings. The monoisotopic (exact) mass is 370 g/mol. The maximum atomic E-state index is 9.05. The van der Waals surface area contributed by atoms with Crippen molar-refractivity contribution in [2.45, 2.75) is 6.92 Å². The zero-order chi connectivity index (χ0) is 19.3. The summed E-state index contributed by atoms with van der Waals surface area (Å²) in [5.41, 5.74) is 4.01. The summed E-state index contributed by atoms with van der Waals surface area (Å²) in [5.74, 6) is 1.45. The molecule has 0 atom stereocenters. The molecule has 4 rings (SSSR count). The van der Waals surface area contributed by atoms with Crippen LogP contribution >= 0.6 is 0 Å². The maximum Gasteiger partial charge on any atom is 0.227 e. The minimum atomic E-state index is 0.617.